The number of carbonyl (C=O) groups excluding carboxylic acids is 1. The molecule has 3 aromatic carbocycles. The average molecular weight is 492 g/mol. The Labute approximate surface area is 202 Å². The first-order chi connectivity index (χ1) is 16.8. The van der Waals surface area contributed by atoms with Crippen molar-refractivity contribution >= 4 is 37.6 Å². The molecule has 35 heavy (non-hydrogen) atoms. The highest BCUT2D eigenvalue weighted by atomic mass is 32.2. The summed E-state index contributed by atoms with van der Waals surface area (Å²) in [7, 11) is -0.879. The number of rotatable bonds is 6. The second kappa shape index (κ2) is 8.83. The number of likely N-dealkylation sites (N-methyl/N-ethyl adjacent to an activating group) is 1. The third-order valence-electron chi connectivity index (χ3n) is 6.62. The maximum Gasteiger partial charge on any atom is 0.248 e. The molecule has 1 amide bonds. The Hall–Kier alpha value is -3.69. The third kappa shape index (κ3) is 4.17. The summed E-state index contributed by atoms with van der Waals surface area (Å²) in [6.07, 6.45) is 0.400. The maximum atomic E-state index is 13.4. The van der Waals surface area contributed by atoms with Gasteiger partial charge in [0, 0.05) is 37.1 Å². The van der Waals surface area contributed by atoms with Gasteiger partial charge >= 0.3 is 0 Å². The molecule has 0 aliphatic carbocycles. The van der Waals surface area contributed by atoms with Crippen LogP contribution in [0.15, 0.2) is 76.4 Å². The smallest absolute Gasteiger partial charge is 0.248 e. The van der Waals surface area contributed by atoms with Crippen LogP contribution in [-0.2, 0) is 21.4 Å². The minimum atomic E-state index is -3.90. The van der Waals surface area contributed by atoms with Crippen molar-refractivity contribution in [2.24, 2.45) is 0 Å². The van der Waals surface area contributed by atoms with Gasteiger partial charge in [0.15, 0.2) is 0 Å². The number of H-pyrrole nitrogens is 1. The van der Waals surface area contributed by atoms with E-state index in [1.165, 1.54) is 17.4 Å². The molecule has 8 nitrogen and oxygen atoms in total. The van der Waals surface area contributed by atoms with E-state index in [-0.39, 0.29) is 16.4 Å². The van der Waals surface area contributed by atoms with Gasteiger partial charge in [-0.25, -0.2) is 8.42 Å². The number of methoxy groups -OCH3 is 1. The highest BCUT2D eigenvalue weighted by Gasteiger charge is 2.39. The van der Waals surface area contributed by atoms with Gasteiger partial charge in [0.2, 0.25) is 21.5 Å². The topological polar surface area (TPSA) is 99.8 Å². The van der Waals surface area contributed by atoms with E-state index < -0.39 is 16.1 Å². The zero-order valence-electron chi connectivity index (χ0n) is 19.4. The van der Waals surface area contributed by atoms with Crippen molar-refractivity contribution in [2.45, 2.75) is 23.9 Å². The van der Waals surface area contributed by atoms with Gasteiger partial charge < -0.3 is 14.6 Å². The number of aromatic nitrogens is 1. The lowest BCUT2D eigenvalue weighted by Gasteiger charge is -2.24. The number of benzene rings is 3. The number of hydrogen-bond donors (Lipinski definition) is 1. The molecule has 1 fully saturated rings. The fourth-order valence-electron chi connectivity index (χ4n) is 4.64. The molecule has 9 heteroatoms. The van der Waals surface area contributed by atoms with Crippen LogP contribution in [-0.4, -0.2) is 55.3 Å². The van der Waals surface area contributed by atoms with Crippen LogP contribution < -0.4 is 10.3 Å². The first kappa shape index (κ1) is 23.1. The number of fused-ring (bicyclic) bond motifs is 2. The number of amides is 1. The van der Waals surface area contributed by atoms with E-state index in [2.05, 4.69) is 4.98 Å². The normalized spacial score (nSPS) is 16.5. The zero-order valence-corrected chi connectivity index (χ0v) is 20.2. The summed E-state index contributed by atoms with van der Waals surface area (Å²) in [5.74, 6) is 0.402. The summed E-state index contributed by atoms with van der Waals surface area (Å²) >= 11 is 0. The molecule has 1 aliphatic rings. The van der Waals surface area contributed by atoms with Gasteiger partial charge in [-0.2, -0.15) is 4.31 Å². The van der Waals surface area contributed by atoms with Crippen molar-refractivity contribution in [1.82, 2.24) is 14.2 Å². The molecule has 5 rings (SSSR count). The quantitative estimate of drug-likeness (QED) is 0.447. The molecule has 1 aromatic heterocycles. The monoisotopic (exact) mass is 491 g/mol. The number of hydrogen-bond acceptors (Lipinski definition) is 5. The van der Waals surface area contributed by atoms with E-state index in [0.717, 1.165) is 21.7 Å². The fraction of sp³-hybridized carbons (Fsp3) is 0.231. The molecule has 1 aliphatic heterocycles. The first-order valence-corrected chi connectivity index (χ1v) is 12.7. The van der Waals surface area contributed by atoms with Gasteiger partial charge in [-0.3, -0.25) is 9.59 Å². The first-order valence-electron chi connectivity index (χ1n) is 11.2. The maximum absolute atomic E-state index is 13.4. The highest BCUT2D eigenvalue weighted by molar-refractivity contribution is 7.89. The fourth-order valence-corrected chi connectivity index (χ4v) is 6.02. The Balaban J connectivity index is 1.39. The summed E-state index contributed by atoms with van der Waals surface area (Å²) in [4.78, 5) is 29.5. The van der Waals surface area contributed by atoms with Gasteiger partial charge in [0.25, 0.3) is 0 Å². The van der Waals surface area contributed by atoms with Crippen molar-refractivity contribution in [1.29, 1.82) is 0 Å². The van der Waals surface area contributed by atoms with E-state index >= 15 is 0 Å². The summed E-state index contributed by atoms with van der Waals surface area (Å²) in [6, 6.07) is 18.4. The van der Waals surface area contributed by atoms with Crippen molar-refractivity contribution in [3.63, 3.8) is 0 Å². The van der Waals surface area contributed by atoms with Crippen molar-refractivity contribution in [2.75, 3.05) is 20.7 Å². The Kier molecular flexibility index (Phi) is 5.82. The summed E-state index contributed by atoms with van der Waals surface area (Å²) < 4.78 is 33.3. The van der Waals surface area contributed by atoms with Crippen molar-refractivity contribution in [3.8, 4) is 5.75 Å². The van der Waals surface area contributed by atoms with Crippen LogP contribution in [0, 0.1) is 0 Å². The Morgan fingerprint density at radius 1 is 1.03 bits per heavy atom. The Morgan fingerprint density at radius 2 is 1.83 bits per heavy atom. The third-order valence-corrected chi connectivity index (χ3v) is 8.48. The molecular weight excluding hydrogens is 466 g/mol. The molecule has 2 heterocycles. The van der Waals surface area contributed by atoms with Crippen LogP contribution in [0.3, 0.4) is 0 Å². The number of sulfonamides is 1. The van der Waals surface area contributed by atoms with Crippen molar-refractivity contribution in [3.05, 3.63) is 82.6 Å². The van der Waals surface area contributed by atoms with Crippen LogP contribution in [0.4, 0.5) is 0 Å². The van der Waals surface area contributed by atoms with Crippen LogP contribution >= 0.6 is 0 Å². The lowest BCUT2D eigenvalue weighted by molar-refractivity contribution is -0.131. The summed E-state index contributed by atoms with van der Waals surface area (Å²) in [5.41, 5.74) is 1.40. The van der Waals surface area contributed by atoms with Gasteiger partial charge in [-0.1, -0.05) is 24.3 Å². The van der Waals surface area contributed by atoms with Gasteiger partial charge in [-0.15, -0.1) is 0 Å². The van der Waals surface area contributed by atoms with Crippen LogP contribution in [0.25, 0.3) is 21.7 Å². The minimum Gasteiger partial charge on any atom is -0.497 e. The van der Waals surface area contributed by atoms with Crippen molar-refractivity contribution < 1.29 is 17.9 Å². The molecule has 180 valence electrons. The molecule has 1 saturated heterocycles. The lowest BCUT2D eigenvalue weighted by Crippen LogP contribution is -2.42. The van der Waals surface area contributed by atoms with E-state index in [4.69, 9.17) is 4.74 Å². The Morgan fingerprint density at radius 3 is 2.63 bits per heavy atom. The molecule has 1 N–H and O–H groups in total. The molecule has 0 radical (unpaired) electrons. The minimum absolute atomic E-state index is 0.130. The second-order valence-electron chi connectivity index (χ2n) is 8.66. The van der Waals surface area contributed by atoms with Crippen LogP contribution in [0.2, 0.25) is 0 Å². The van der Waals surface area contributed by atoms with Crippen LogP contribution in [0.5, 0.6) is 5.75 Å². The summed E-state index contributed by atoms with van der Waals surface area (Å²) in [6.45, 7) is 0.778. The predicted octanol–water partition coefficient (Wildman–Crippen LogP) is 3.11. The van der Waals surface area contributed by atoms with Gasteiger partial charge in [-0.05, 0) is 59.2 Å². The zero-order chi connectivity index (χ0) is 24.7. The molecule has 0 spiro atoms. The molecule has 0 bridgehead atoms. The largest absolute Gasteiger partial charge is 0.497 e. The molecule has 4 aromatic rings. The number of nitrogens with one attached hydrogen (secondary N) is 1. The number of likely N-dealkylation sites (tertiary alicyclic amines) is 1. The predicted molar refractivity (Wildman–Crippen MR) is 134 cm³/mol. The lowest BCUT2D eigenvalue weighted by atomic mass is 10.1. The molecule has 0 unspecified atom stereocenters. The standard InChI is InChI=1S/C26H25N3O5S/c1-28(35(32,33)21-9-7-17-6-8-20(34-2)14-19(17)15-21)24-12-13-29(26(24)31)16-18-4-3-5-23-22(18)10-11-25(30)27-23/h3-11,14-15,24H,12-13,16H2,1-2H3,(H,27,30)/t24-/m0/s1. The van der Waals surface area contributed by atoms with Gasteiger partial charge in [0.05, 0.1) is 12.0 Å². The van der Waals surface area contributed by atoms with Gasteiger partial charge in [0.1, 0.15) is 11.8 Å². The summed E-state index contributed by atoms with van der Waals surface area (Å²) in [5, 5.41) is 2.50. The van der Waals surface area contributed by atoms with E-state index in [0.29, 0.717) is 30.8 Å². The van der Waals surface area contributed by atoms with Crippen LogP contribution in [0.1, 0.15) is 12.0 Å². The SMILES string of the molecule is COc1ccc2ccc(S(=O)(=O)N(C)[C@H]3CCN(Cc4cccc5[nH]c(=O)ccc45)C3=O)cc2c1. The number of ether oxygens (including phenoxy) is 1. The average Bonchev–Trinajstić information content (AvgIpc) is 3.22. The number of aromatic amines is 1. The number of nitrogens with zero attached hydrogens (tertiary/aromatic N) is 2. The Bertz CT molecular complexity index is 1610. The molecular formula is C26H25N3O5S. The highest BCUT2D eigenvalue weighted by Crippen LogP contribution is 2.29. The molecule has 0 saturated carbocycles. The molecule has 1 atom stereocenters. The van der Waals surface area contributed by atoms with E-state index in [1.54, 1.807) is 42.3 Å². The second-order valence-corrected chi connectivity index (χ2v) is 10.7. The number of pyridine rings is 1. The van der Waals surface area contributed by atoms with E-state index in [1.807, 2.05) is 30.3 Å². The number of carbonyl (C=O) groups is 1. The van der Waals surface area contributed by atoms with E-state index in [9.17, 15) is 18.0 Å².